The molecule has 0 spiro atoms. The van der Waals surface area contributed by atoms with Crippen LogP contribution in [-0.4, -0.2) is 12.5 Å². The maximum Gasteiger partial charge on any atom is 0.261 e. The third-order valence-electron chi connectivity index (χ3n) is 2.50. The molecular weight excluding hydrogens is 230 g/mol. The largest absolute Gasteiger partial charge is 0.351 e. The molecule has 4 heteroatoms. The first-order valence-electron chi connectivity index (χ1n) is 5.20. The summed E-state index contributed by atoms with van der Waals surface area (Å²) in [6.45, 7) is 5.03. The van der Waals surface area contributed by atoms with Gasteiger partial charge in [-0.2, -0.15) is 0 Å². The molecule has 0 fully saturated rings. The van der Waals surface area contributed by atoms with Crippen LogP contribution >= 0.6 is 22.9 Å². The number of amides is 1. The summed E-state index contributed by atoms with van der Waals surface area (Å²) in [6.07, 6.45) is 2.20. The molecule has 0 saturated carbocycles. The van der Waals surface area contributed by atoms with Gasteiger partial charge in [-0.3, -0.25) is 4.79 Å². The van der Waals surface area contributed by atoms with Crippen molar-refractivity contribution in [2.75, 3.05) is 6.54 Å². The predicted octanol–water partition coefficient (Wildman–Crippen LogP) is 3.57. The second-order valence-corrected chi connectivity index (χ2v) is 5.21. The van der Waals surface area contributed by atoms with E-state index in [9.17, 15) is 4.79 Å². The number of carbonyl (C=O) groups is 1. The fourth-order valence-corrected chi connectivity index (χ4v) is 2.30. The molecule has 0 atom stereocenters. The molecule has 1 rings (SSSR count). The van der Waals surface area contributed by atoms with Crippen LogP contribution in [0.1, 0.15) is 36.4 Å². The lowest BCUT2D eigenvalue weighted by Crippen LogP contribution is -2.28. The molecule has 0 aliphatic carbocycles. The average Bonchev–Trinajstić information content (AvgIpc) is 2.66. The minimum Gasteiger partial charge on any atom is -0.351 e. The molecule has 0 radical (unpaired) electrons. The van der Waals surface area contributed by atoms with Gasteiger partial charge in [0.1, 0.15) is 0 Å². The lowest BCUT2D eigenvalue weighted by atomic mass is 10.0. The van der Waals surface area contributed by atoms with Crippen LogP contribution in [0.15, 0.2) is 12.1 Å². The predicted molar refractivity (Wildman–Crippen MR) is 65.7 cm³/mol. The highest BCUT2D eigenvalue weighted by atomic mass is 35.5. The van der Waals surface area contributed by atoms with Crippen molar-refractivity contribution in [3.63, 3.8) is 0 Å². The summed E-state index contributed by atoms with van der Waals surface area (Å²) in [5.74, 6) is 0.559. The Bertz CT molecular complexity index is 320. The third-order valence-corrected chi connectivity index (χ3v) is 3.73. The molecule has 1 aromatic heterocycles. The Morgan fingerprint density at radius 1 is 1.47 bits per heavy atom. The molecular formula is C11H16ClNOS. The van der Waals surface area contributed by atoms with Crippen molar-refractivity contribution in [1.29, 1.82) is 0 Å². The van der Waals surface area contributed by atoms with Crippen LogP contribution in [0.5, 0.6) is 0 Å². The highest BCUT2D eigenvalue weighted by molar-refractivity contribution is 7.17. The van der Waals surface area contributed by atoms with E-state index in [1.54, 1.807) is 12.1 Å². The number of nitrogens with one attached hydrogen (secondary N) is 1. The summed E-state index contributed by atoms with van der Waals surface area (Å²) in [6, 6.07) is 3.51. The minimum absolute atomic E-state index is 0.0150. The molecule has 0 bridgehead atoms. The van der Waals surface area contributed by atoms with Gasteiger partial charge in [-0.05, 0) is 18.1 Å². The second-order valence-electron chi connectivity index (χ2n) is 3.50. The van der Waals surface area contributed by atoms with Crippen LogP contribution in [0.4, 0.5) is 0 Å². The Labute approximate surface area is 99.6 Å². The molecule has 15 heavy (non-hydrogen) atoms. The Kier molecular flexibility index (Phi) is 5.12. The molecule has 0 aliphatic heterocycles. The zero-order valence-electron chi connectivity index (χ0n) is 9.05. The quantitative estimate of drug-likeness (QED) is 0.844. The maximum absolute atomic E-state index is 11.6. The maximum atomic E-state index is 11.6. The number of hydrogen-bond acceptors (Lipinski definition) is 2. The molecule has 1 amide bonds. The van der Waals surface area contributed by atoms with Gasteiger partial charge in [0.15, 0.2) is 0 Å². The monoisotopic (exact) mass is 245 g/mol. The lowest BCUT2D eigenvalue weighted by Gasteiger charge is -2.12. The van der Waals surface area contributed by atoms with E-state index < -0.39 is 0 Å². The SMILES string of the molecule is CCC(CC)CNC(=O)c1ccc(Cl)s1. The van der Waals surface area contributed by atoms with Crippen LogP contribution in [0.3, 0.4) is 0 Å². The van der Waals surface area contributed by atoms with E-state index in [1.165, 1.54) is 11.3 Å². The van der Waals surface area contributed by atoms with Gasteiger partial charge in [0.25, 0.3) is 5.91 Å². The van der Waals surface area contributed by atoms with Gasteiger partial charge in [-0.15, -0.1) is 11.3 Å². The van der Waals surface area contributed by atoms with Gasteiger partial charge >= 0.3 is 0 Å². The Morgan fingerprint density at radius 3 is 2.60 bits per heavy atom. The van der Waals surface area contributed by atoms with E-state index in [4.69, 9.17) is 11.6 Å². The zero-order valence-corrected chi connectivity index (χ0v) is 10.6. The molecule has 0 saturated heterocycles. The van der Waals surface area contributed by atoms with Crippen LogP contribution < -0.4 is 5.32 Å². The third kappa shape index (κ3) is 3.84. The highest BCUT2D eigenvalue weighted by Gasteiger charge is 2.10. The fraction of sp³-hybridized carbons (Fsp3) is 0.545. The summed E-state index contributed by atoms with van der Waals surface area (Å²) < 4.78 is 0.655. The van der Waals surface area contributed by atoms with Crippen LogP contribution in [0.2, 0.25) is 4.34 Å². The zero-order chi connectivity index (χ0) is 11.3. The van der Waals surface area contributed by atoms with Gasteiger partial charge in [0.2, 0.25) is 0 Å². The van der Waals surface area contributed by atoms with Crippen molar-refractivity contribution in [2.45, 2.75) is 26.7 Å². The van der Waals surface area contributed by atoms with Gasteiger partial charge in [0.05, 0.1) is 9.21 Å². The first-order valence-corrected chi connectivity index (χ1v) is 6.40. The van der Waals surface area contributed by atoms with E-state index in [1.807, 2.05) is 0 Å². The number of hydrogen-bond donors (Lipinski definition) is 1. The summed E-state index contributed by atoms with van der Waals surface area (Å²) in [5.41, 5.74) is 0. The smallest absolute Gasteiger partial charge is 0.261 e. The Morgan fingerprint density at radius 2 is 2.13 bits per heavy atom. The van der Waals surface area contributed by atoms with Crippen LogP contribution in [-0.2, 0) is 0 Å². The van der Waals surface area contributed by atoms with E-state index in [0.717, 1.165) is 19.4 Å². The summed E-state index contributed by atoms with van der Waals surface area (Å²) >= 11 is 7.08. The first kappa shape index (κ1) is 12.5. The highest BCUT2D eigenvalue weighted by Crippen LogP contribution is 2.21. The minimum atomic E-state index is -0.0150. The normalized spacial score (nSPS) is 10.7. The van der Waals surface area contributed by atoms with Gasteiger partial charge in [-0.25, -0.2) is 0 Å². The van der Waals surface area contributed by atoms with Crippen molar-refractivity contribution < 1.29 is 4.79 Å². The molecule has 1 heterocycles. The fourth-order valence-electron chi connectivity index (χ4n) is 1.34. The van der Waals surface area contributed by atoms with E-state index in [-0.39, 0.29) is 5.91 Å². The summed E-state index contributed by atoms with van der Waals surface area (Å²) in [5, 5.41) is 2.93. The van der Waals surface area contributed by atoms with E-state index >= 15 is 0 Å². The molecule has 0 aliphatic rings. The summed E-state index contributed by atoms with van der Waals surface area (Å²) in [4.78, 5) is 12.3. The first-order chi connectivity index (χ1) is 7.17. The van der Waals surface area contributed by atoms with Crippen molar-refractivity contribution in [2.24, 2.45) is 5.92 Å². The van der Waals surface area contributed by atoms with Crippen molar-refractivity contribution in [3.8, 4) is 0 Å². The van der Waals surface area contributed by atoms with Crippen molar-refractivity contribution >= 4 is 28.8 Å². The molecule has 0 aromatic carbocycles. The molecule has 2 nitrogen and oxygen atoms in total. The van der Waals surface area contributed by atoms with Gasteiger partial charge in [-0.1, -0.05) is 38.3 Å². The number of thiophene rings is 1. The van der Waals surface area contributed by atoms with E-state index in [0.29, 0.717) is 15.1 Å². The van der Waals surface area contributed by atoms with E-state index in [2.05, 4.69) is 19.2 Å². The van der Waals surface area contributed by atoms with Crippen LogP contribution in [0.25, 0.3) is 0 Å². The van der Waals surface area contributed by atoms with Gasteiger partial charge in [0, 0.05) is 6.54 Å². The Hall–Kier alpha value is -0.540. The Balaban J connectivity index is 2.42. The molecule has 1 aromatic rings. The number of rotatable bonds is 5. The number of halogens is 1. The van der Waals surface area contributed by atoms with Crippen molar-refractivity contribution in [3.05, 3.63) is 21.3 Å². The second kappa shape index (κ2) is 6.13. The standard InChI is InChI=1S/C11H16ClNOS/c1-3-8(4-2)7-13-11(14)9-5-6-10(12)15-9/h5-6,8H,3-4,7H2,1-2H3,(H,13,14). The molecule has 84 valence electrons. The van der Waals surface area contributed by atoms with Crippen LogP contribution in [0, 0.1) is 5.92 Å². The average molecular weight is 246 g/mol. The molecule has 1 N–H and O–H groups in total. The summed E-state index contributed by atoms with van der Waals surface area (Å²) in [7, 11) is 0. The van der Waals surface area contributed by atoms with Crippen molar-refractivity contribution in [1.82, 2.24) is 5.32 Å². The number of carbonyl (C=O) groups excluding carboxylic acids is 1. The van der Waals surface area contributed by atoms with Gasteiger partial charge < -0.3 is 5.32 Å². The lowest BCUT2D eigenvalue weighted by molar-refractivity contribution is 0.0950. The topological polar surface area (TPSA) is 29.1 Å². The molecule has 0 unspecified atom stereocenters.